The van der Waals surface area contributed by atoms with Crippen LogP contribution in [0.1, 0.15) is 61.8 Å². The molecule has 3 aromatic carbocycles. The predicted octanol–water partition coefficient (Wildman–Crippen LogP) is 7.30. The van der Waals surface area contributed by atoms with Gasteiger partial charge in [0.05, 0.1) is 11.2 Å². The zero-order valence-electron chi connectivity index (χ0n) is 19.4. The fourth-order valence-electron chi connectivity index (χ4n) is 6.68. The number of hydrogen-bond acceptors (Lipinski definition) is 2. The van der Waals surface area contributed by atoms with Crippen molar-refractivity contribution in [3.63, 3.8) is 0 Å². The Morgan fingerprint density at radius 3 is 2.19 bits per heavy atom. The molecular weight excluding hydrogens is 388 g/mol. The Morgan fingerprint density at radius 2 is 1.44 bits per heavy atom. The normalized spacial score (nSPS) is 24.9. The Labute approximate surface area is 192 Å². The van der Waals surface area contributed by atoms with Crippen LogP contribution < -0.4 is 4.90 Å². The molecule has 2 nitrogen and oxygen atoms in total. The molecule has 0 bridgehead atoms. The zero-order chi connectivity index (χ0) is 21.9. The van der Waals surface area contributed by atoms with Crippen LogP contribution in [0.3, 0.4) is 0 Å². The topological polar surface area (TPSA) is 6.48 Å². The summed E-state index contributed by atoms with van der Waals surface area (Å²) in [5, 5.41) is 0. The van der Waals surface area contributed by atoms with Crippen molar-refractivity contribution in [2.75, 3.05) is 4.90 Å². The quantitative estimate of drug-likeness (QED) is 0.439. The minimum absolute atomic E-state index is 0.181. The van der Waals surface area contributed by atoms with Crippen molar-refractivity contribution in [1.29, 1.82) is 0 Å². The van der Waals surface area contributed by atoms with Crippen LogP contribution in [0.4, 0.5) is 5.69 Å². The largest absolute Gasteiger partial charge is 0.335 e. The lowest BCUT2D eigenvalue weighted by Crippen LogP contribution is -2.52. The van der Waals surface area contributed by atoms with E-state index in [4.69, 9.17) is 0 Å². The number of anilines is 1. The van der Waals surface area contributed by atoms with Gasteiger partial charge in [-0.15, -0.1) is 0 Å². The van der Waals surface area contributed by atoms with Gasteiger partial charge in [0.1, 0.15) is 6.17 Å². The van der Waals surface area contributed by atoms with Gasteiger partial charge in [0.15, 0.2) is 0 Å². The minimum Gasteiger partial charge on any atom is -0.335 e. The van der Waals surface area contributed by atoms with Gasteiger partial charge in [-0.25, -0.2) is 0 Å². The molecule has 3 aliphatic rings. The Balaban J connectivity index is 1.63. The predicted molar refractivity (Wildman–Crippen MR) is 133 cm³/mol. The smallest absolute Gasteiger partial charge is 0.110 e. The molecule has 32 heavy (non-hydrogen) atoms. The van der Waals surface area contributed by atoms with Crippen LogP contribution in [0.2, 0.25) is 0 Å². The molecule has 162 valence electrons. The summed E-state index contributed by atoms with van der Waals surface area (Å²) in [5.41, 5.74) is 9.56. The summed E-state index contributed by atoms with van der Waals surface area (Å²) in [6.07, 6.45) is 5.66. The molecule has 2 aliphatic heterocycles. The van der Waals surface area contributed by atoms with E-state index in [9.17, 15) is 0 Å². The zero-order valence-corrected chi connectivity index (χ0v) is 19.4. The Hall–Kier alpha value is -3.00. The molecule has 1 saturated carbocycles. The number of fused-ring (bicyclic) bond motifs is 3. The molecule has 2 atom stereocenters. The first-order valence-electron chi connectivity index (χ1n) is 12.1. The molecule has 0 saturated heterocycles. The van der Waals surface area contributed by atoms with Crippen LogP contribution in [0.5, 0.6) is 0 Å². The van der Waals surface area contributed by atoms with E-state index in [1.54, 1.807) is 0 Å². The lowest BCUT2D eigenvalue weighted by atomic mass is 9.83. The van der Waals surface area contributed by atoms with E-state index in [-0.39, 0.29) is 5.54 Å². The van der Waals surface area contributed by atoms with Gasteiger partial charge in [-0.3, -0.25) is 0 Å². The summed E-state index contributed by atoms with van der Waals surface area (Å²) in [6, 6.07) is 29.2. The molecule has 3 aromatic rings. The fraction of sp³-hybridized carbons (Fsp3) is 0.333. The third-order valence-electron chi connectivity index (χ3n) is 8.19. The minimum atomic E-state index is -0.181. The number of hydrogen-bond donors (Lipinski definition) is 0. The van der Waals surface area contributed by atoms with E-state index < -0.39 is 0 Å². The highest BCUT2D eigenvalue weighted by molar-refractivity contribution is 5.84. The first-order valence-corrected chi connectivity index (χ1v) is 12.1. The molecule has 2 heteroatoms. The highest BCUT2D eigenvalue weighted by atomic mass is 15.5. The van der Waals surface area contributed by atoms with Crippen molar-refractivity contribution in [2.45, 2.75) is 58.2 Å². The molecule has 2 unspecified atom stereocenters. The molecule has 0 N–H and O–H groups in total. The number of rotatable bonds is 3. The third-order valence-corrected chi connectivity index (χ3v) is 8.19. The van der Waals surface area contributed by atoms with Crippen LogP contribution in [0.15, 0.2) is 84.6 Å². The van der Waals surface area contributed by atoms with Gasteiger partial charge in [-0.2, -0.15) is 0 Å². The van der Waals surface area contributed by atoms with E-state index in [0.29, 0.717) is 12.1 Å². The molecule has 2 heterocycles. The van der Waals surface area contributed by atoms with Gasteiger partial charge in [-0.1, -0.05) is 85.6 Å². The standard InChI is InChI=1S/C30H32N2/c1-21-13-7-12-20-27(21)31-22(2)28-25-18-10-11-19-26(25)30(3,24-16-5-4-6-17-24)32(28)29(31)23-14-8-9-15-23/h4-7,10-13,16-20,23,29H,8-9,14-15H2,1-3H3. The maximum absolute atomic E-state index is 2.80. The third kappa shape index (κ3) is 2.59. The summed E-state index contributed by atoms with van der Waals surface area (Å²) in [7, 11) is 0. The van der Waals surface area contributed by atoms with Gasteiger partial charge in [-0.05, 0) is 62.3 Å². The van der Waals surface area contributed by atoms with E-state index in [0.717, 1.165) is 0 Å². The summed E-state index contributed by atoms with van der Waals surface area (Å²) >= 11 is 0. The second-order valence-corrected chi connectivity index (χ2v) is 9.90. The van der Waals surface area contributed by atoms with Crippen molar-refractivity contribution in [3.8, 4) is 0 Å². The van der Waals surface area contributed by atoms with E-state index in [1.807, 2.05) is 0 Å². The van der Waals surface area contributed by atoms with E-state index in [1.165, 1.54) is 65.0 Å². The molecule has 0 aromatic heterocycles. The Morgan fingerprint density at radius 1 is 0.781 bits per heavy atom. The van der Waals surface area contributed by atoms with Crippen LogP contribution in [-0.4, -0.2) is 11.1 Å². The maximum Gasteiger partial charge on any atom is 0.110 e. The average Bonchev–Trinajstić information content (AvgIpc) is 3.52. The highest BCUT2D eigenvalue weighted by Crippen LogP contribution is 2.58. The second-order valence-electron chi connectivity index (χ2n) is 9.90. The van der Waals surface area contributed by atoms with Gasteiger partial charge in [0, 0.05) is 16.9 Å². The lowest BCUT2D eigenvalue weighted by molar-refractivity contribution is 0.144. The number of aryl methyl sites for hydroxylation is 1. The van der Waals surface area contributed by atoms with Crippen LogP contribution in [0, 0.1) is 12.8 Å². The number of allylic oxidation sites excluding steroid dienone is 1. The summed E-state index contributed by atoms with van der Waals surface area (Å²) < 4.78 is 0. The molecular formula is C30H32N2. The number of benzene rings is 3. The van der Waals surface area contributed by atoms with Crippen LogP contribution >= 0.6 is 0 Å². The number of para-hydroxylation sites is 1. The van der Waals surface area contributed by atoms with Gasteiger partial charge < -0.3 is 9.80 Å². The first kappa shape index (κ1) is 19.7. The molecule has 0 radical (unpaired) electrons. The van der Waals surface area contributed by atoms with Crippen molar-refractivity contribution < 1.29 is 0 Å². The fourth-order valence-corrected chi connectivity index (χ4v) is 6.68. The van der Waals surface area contributed by atoms with Crippen LogP contribution in [0.25, 0.3) is 5.70 Å². The molecule has 6 rings (SSSR count). The highest BCUT2D eigenvalue weighted by Gasteiger charge is 2.56. The average molecular weight is 421 g/mol. The van der Waals surface area contributed by atoms with Crippen LogP contribution in [-0.2, 0) is 5.54 Å². The van der Waals surface area contributed by atoms with Gasteiger partial charge in [0.2, 0.25) is 0 Å². The van der Waals surface area contributed by atoms with Crippen molar-refractivity contribution in [3.05, 3.63) is 107 Å². The number of nitrogens with zero attached hydrogens (tertiary/aromatic N) is 2. The molecule has 0 amide bonds. The summed E-state index contributed by atoms with van der Waals surface area (Å²) in [4.78, 5) is 5.47. The SMILES string of the molecule is CC1=C2c3ccccc3C(C)(c3ccccc3)N2C(C2CCCC2)N1c1ccccc1C. The second kappa shape index (κ2) is 7.27. The van der Waals surface area contributed by atoms with E-state index >= 15 is 0 Å². The summed E-state index contributed by atoms with van der Waals surface area (Å²) in [6.45, 7) is 7.05. The molecule has 0 spiro atoms. The van der Waals surface area contributed by atoms with E-state index in [2.05, 4.69) is 109 Å². The van der Waals surface area contributed by atoms with Crippen molar-refractivity contribution in [2.24, 2.45) is 5.92 Å². The lowest BCUT2D eigenvalue weighted by Gasteiger charge is -2.46. The monoisotopic (exact) mass is 420 g/mol. The Kier molecular flexibility index (Phi) is 4.47. The maximum atomic E-state index is 2.80. The van der Waals surface area contributed by atoms with Gasteiger partial charge >= 0.3 is 0 Å². The molecule has 1 aliphatic carbocycles. The van der Waals surface area contributed by atoms with Crippen molar-refractivity contribution >= 4 is 11.4 Å². The molecule has 1 fully saturated rings. The summed E-state index contributed by atoms with van der Waals surface area (Å²) in [5.74, 6) is 0.666. The van der Waals surface area contributed by atoms with Gasteiger partial charge in [0.25, 0.3) is 0 Å². The first-order chi connectivity index (χ1) is 15.6. The van der Waals surface area contributed by atoms with Crippen molar-refractivity contribution in [1.82, 2.24) is 4.90 Å². The Bertz CT molecular complexity index is 1190.